The maximum Gasteiger partial charge on any atom is 0.255 e. The van der Waals surface area contributed by atoms with Gasteiger partial charge in [0, 0.05) is 12.4 Å². The number of carbonyl (C=O) groups is 1. The van der Waals surface area contributed by atoms with Crippen molar-refractivity contribution in [1.29, 1.82) is 0 Å². The molecule has 1 amide bonds. The van der Waals surface area contributed by atoms with Crippen LogP contribution >= 0.6 is 0 Å². The molecule has 25 heavy (non-hydrogen) atoms. The van der Waals surface area contributed by atoms with E-state index in [0.29, 0.717) is 0 Å². The van der Waals surface area contributed by atoms with Gasteiger partial charge in [-0.3, -0.25) is 9.78 Å². The Labute approximate surface area is 146 Å². The van der Waals surface area contributed by atoms with E-state index in [4.69, 9.17) is 0 Å². The number of hydrogen-bond donors (Lipinski definition) is 1. The Morgan fingerprint density at radius 3 is 2.60 bits per heavy atom. The summed E-state index contributed by atoms with van der Waals surface area (Å²) in [5.74, 6) is -0.987. The van der Waals surface area contributed by atoms with Gasteiger partial charge in [-0.1, -0.05) is 42.0 Å². The molecule has 0 aliphatic carbocycles. The zero-order valence-electron chi connectivity index (χ0n) is 14.2. The van der Waals surface area contributed by atoms with Crippen molar-refractivity contribution in [2.45, 2.75) is 19.9 Å². The third-order valence-corrected chi connectivity index (χ3v) is 4.16. The van der Waals surface area contributed by atoms with Gasteiger partial charge in [0.25, 0.3) is 5.91 Å². The van der Waals surface area contributed by atoms with Crippen LogP contribution in [0.25, 0.3) is 0 Å². The number of nitrogens with one attached hydrogen (secondary N) is 1. The minimum Gasteiger partial charge on any atom is -0.341 e. The maximum absolute atomic E-state index is 14.0. The first-order chi connectivity index (χ1) is 12.1. The smallest absolute Gasteiger partial charge is 0.255 e. The first-order valence-electron chi connectivity index (χ1n) is 8.08. The van der Waals surface area contributed by atoms with Gasteiger partial charge in [0.05, 0.1) is 11.6 Å². The van der Waals surface area contributed by atoms with E-state index < -0.39 is 17.8 Å². The Morgan fingerprint density at radius 2 is 1.88 bits per heavy atom. The molecule has 0 aliphatic heterocycles. The third-order valence-electron chi connectivity index (χ3n) is 4.16. The van der Waals surface area contributed by atoms with E-state index >= 15 is 0 Å². The lowest BCUT2D eigenvalue weighted by Gasteiger charge is -2.22. The molecule has 0 bridgehead atoms. The molecule has 3 aromatic rings. The lowest BCUT2D eigenvalue weighted by molar-refractivity contribution is 0.0939. The fraction of sp³-hybridized carbons (Fsp3) is 0.143. The molecule has 1 atom stereocenters. The number of amides is 1. The van der Waals surface area contributed by atoms with Crippen LogP contribution in [0.4, 0.5) is 4.39 Å². The van der Waals surface area contributed by atoms with Crippen LogP contribution < -0.4 is 5.32 Å². The first-order valence-corrected chi connectivity index (χ1v) is 8.08. The highest BCUT2D eigenvalue weighted by molar-refractivity contribution is 5.95. The molecule has 1 heterocycles. The van der Waals surface area contributed by atoms with Gasteiger partial charge in [-0.25, -0.2) is 4.39 Å². The summed E-state index contributed by atoms with van der Waals surface area (Å²) in [6.45, 7) is 4.00. The van der Waals surface area contributed by atoms with Gasteiger partial charge in [0.15, 0.2) is 0 Å². The zero-order chi connectivity index (χ0) is 17.8. The van der Waals surface area contributed by atoms with E-state index in [2.05, 4.69) is 10.3 Å². The number of nitrogens with zero attached hydrogens (tertiary/aromatic N) is 1. The molecule has 1 N–H and O–H groups in total. The van der Waals surface area contributed by atoms with Gasteiger partial charge in [0.1, 0.15) is 5.82 Å². The van der Waals surface area contributed by atoms with Crippen LogP contribution in [0.2, 0.25) is 0 Å². The van der Waals surface area contributed by atoms with Crippen molar-refractivity contribution in [3.63, 3.8) is 0 Å². The molecular weight excluding hydrogens is 315 g/mol. The van der Waals surface area contributed by atoms with E-state index in [1.165, 1.54) is 12.1 Å². The molecule has 0 aliphatic rings. The fourth-order valence-electron chi connectivity index (χ4n) is 2.81. The standard InChI is InChI=1S/C21H19FN2O/c1-14-9-10-15(2)18(12-14)20(16-6-5-11-23-13-16)24-21(25)17-7-3-4-8-19(17)22/h3-13,20H,1-2H3,(H,24,25)/t20-/m0/s1. The van der Waals surface area contributed by atoms with Crippen molar-refractivity contribution < 1.29 is 9.18 Å². The van der Waals surface area contributed by atoms with Gasteiger partial charge in [-0.2, -0.15) is 0 Å². The second-order valence-electron chi connectivity index (χ2n) is 6.03. The number of halogens is 1. The van der Waals surface area contributed by atoms with Crippen LogP contribution in [0.3, 0.4) is 0 Å². The quantitative estimate of drug-likeness (QED) is 0.770. The average molecular weight is 334 g/mol. The molecule has 126 valence electrons. The number of rotatable bonds is 4. The second kappa shape index (κ2) is 7.26. The predicted octanol–water partition coefficient (Wildman–Crippen LogP) is 4.36. The molecule has 1 aromatic heterocycles. The van der Waals surface area contributed by atoms with Crippen molar-refractivity contribution in [3.05, 3.63) is 101 Å². The highest BCUT2D eigenvalue weighted by Crippen LogP contribution is 2.26. The van der Waals surface area contributed by atoms with Gasteiger partial charge >= 0.3 is 0 Å². The number of benzene rings is 2. The van der Waals surface area contributed by atoms with Crippen LogP contribution in [0, 0.1) is 19.7 Å². The normalized spacial score (nSPS) is 11.8. The van der Waals surface area contributed by atoms with Crippen LogP contribution in [-0.4, -0.2) is 10.9 Å². The van der Waals surface area contributed by atoms with Crippen molar-refractivity contribution >= 4 is 5.91 Å². The van der Waals surface area contributed by atoms with Crippen LogP contribution in [0.1, 0.15) is 38.7 Å². The zero-order valence-corrected chi connectivity index (χ0v) is 14.2. The minimum atomic E-state index is -0.536. The van der Waals surface area contributed by atoms with E-state index in [0.717, 1.165) is 22.3 Å². The van der Waals surface area contributed by atoms with Crippen LogP contribution in [0.5, 0.6) is 0 Å². The second-order valence-corrected chi connectivity index (χ2v) is 6.03. The summed E-state index contributed by atoms with van der Waals surface area (Å²) in [5, 5.41) is 2.96. The SMILES string of the molecule is Cc1ccc(C)c([C@@H](NC(=O)c2ccccc2F)c2cccnc2)c1. The Bertz CT molecular complexity index is 893. The molecular formula is C21H19FN2O. The molecule has 4 heteroatoms. The first kappa shape index (κ1) is 16.8. The fourth-order valence-corrected chi connectivity index (χ4v) is 2.81. The lowest BCUT2D eigenvalue weighted by Crippen LogP contribution is -2.30. The summed E-state index contributed by atoms with van der Waals surface area (Å²) in [6.07, 6.45) is 3.40. The predicted molar refractivity (Wildman–Crippen MR) is 95.9 cm³/mol. The summed E-state index contributed by atoms with van der Waals surface area (Å²) in [4.78, 5) is 16.8. The Balaban J connectivity index is 2.02. The molecule has 0 spiro atoms. The van der Waals surface area contributed by atoms with E-state index in [-0.39, 0.29) is 5.56 Å². The van der Waals surface area contributed by atoms with Gasteiger partial charge in [-0.05, 0) is 48.7 Å². The van der Waals surface area contributed by atoms with Crippen molar-refractivity contribution in [2.24, 2.45) is 0 Å². The molecule has 2 aromatic carbocycles. The summed E-state index contributed by atoms with van der Waals surface area (Å²) < 4.78 is 14.0. The van der Waals surface area contributed by atoms with Crippen molar-refractivity contribution in [2.75, 3.05) is 0 Å². The highest BCUT2D eigenvalue weighted by atomic mass is 19.1. The van der Waals surface area contributed by atoms with Crippen LogP contribution in [0.15, 0.2) is 67.0 Å². The molecule has 3 nitrogen and oxygen atoms in total. The number of pyridine rings is 1. The summed E-state index contributed by atoms with van der Waals surface area (Å²) in [6, 6.07) is 15.4. The summed E-state index contributed by atoms with van der Waals surface area (Å²) in [5.41, 5.74) is 3.99. The van der Waals surface area contributed by atoms with Crippen molar-refractivity contribution in [3.8, 4) is 0 Å². The van der Waals surface area contributed by atoms with Crippen molar-refractivity contribution in [1.82, 2.24) is 10.3 Å². The topological polar surface area (TPSA) is 42.0 Å². The molecule has 0 radical (unpaired) electrons. The van der Waals surface area contributed by atoms with Crippen LogP contribution in [-0.2, 0) is 0 Å². The number of aromatic nitrogens is 1. The largest absolute Gasteiger partial charge is 0.341 e. The molecule has 3 rings (SSSR count). The third kappa shape index (κ3) is 3.74. The molecule has 0 saturated carbocycles. The monoisotopic (exact) mass is 334 g/mol. The molecule has 0 saturated heterocycles. The van der Waals surface area contributed by atoms with Gasteiger partial charge in [-0.15, -0.1) is 0 Å². The Morgan fingerprint density at radius 1 is 1.08 bits per heavy atom. The highest BCUT2D eigenvalue weighted by Gasteiger charge is 2.21. The van der Waals surface area contributed by atoms with E-state index in [1.807, 2.05) is 44.2 Å². The molecule has 0 fully saturated rings. The van der Waals surface area contributed by atoms with E-state index in [1.54, 1.807) is 24.5 Å². The van der Waals surface area contributed by atoms with E-state index in [9.17, 15) is 9.18 Å². The summed E-state index contributed by atoms with van der Waals surface area (Å²) in [7, 11) is 0. The lowest BCUT2D eigenvalue weighted by atomic mass is 9.94. The Kier molecular flexibility index (Phi) is 4.89. The maximum atomic E-state index is 14.0. The Hall–Kier alpha value is -3.01. The van der Waals surface area contributed by atoms with Gasteiger partial charge < -0.3 is 5.32 Å². The molecule has 0 unspecified atom stereocenters. The number of hydrogen-bond acceptors (Lipinski definition) is 2. The number of aryl methyl sites for hydroxylation is 2. The van der Waals surface area contributed by atoms with Gasteiger partial charge in [0.2, 0.25) is 0 Å². The minimum absolute atomic E-state index is 0.0293. The average Bonchev–Trinajstić information content (AvgIpc) is 2.63. The number of carbonyl (C=O) groups excluding carboxylic acids is 1. The summed E-state index contributed by atoms with van der Waals surface area (Å²) >= 11 is 0.